The molecule has 0 saturated carbocycles. The smallest absolute Gasteiger partial charge is 0.143 e. The van der Waals surface area contributed by atoms with Crippen molar-refractivity contribution in [3.8, 4) is 6.07 Å². The van der Waals surface area contributed by atoms with Crippen LogP contribution in [0.5, 0.6) is 0 Å². The third kappa shape index (κ3) is 2.43. The lowest BCUT2D eigenvalue weighted by Crippen LogP contribution is -1.97. The van der Waals surface area contributed by atoms with E-state index < -0.39 is 0 Å². The lowest BCUT2D eigenvalue weighted by Gasteiger charge is -2.01. The van der Waals surface area contributed by atoms with Gasteiger partial charge in [0.2, 0.25) is 0 Å². The minimum absolute atomic E-state index is 0.680. The SMILES string of the molecule is Cc1ccc(CCc2nc(C)n(C)c2C#N)cc1. The molecule has 0 saturated heterocycles. The molecule has 3 heteroatoms. The summed E-state index contributed by atoms with van der Waals surface area (Å²) in [7, 11) is 1.89. The molecular weight excluding hydrogens is 222 g/mol. The summed E-state index contributed by atoms with van der Waals surface area (Å²) in [6.45, 7) is 4.01. The largest absolute Gasteiger partial charge is 0.323 e. The highest BCUT2D eigenvalue weighted by atomic mass is 15.1. The van der Waals surface area contributed by atoms with Crippen LogP contribution in [0.2, 0.25) is 0 Å². The first kappa shape index (κ1) is 12.4. The molecule has 1 heterocycles. The molecule has 0 N–H and O–H groups in total. The van der Waals surface area contributed by atoms with Crippen LogP contribution in [0.15, 0.2) is 24.3 Å². The maximum Gasteiger partial charge on any atom is 0.143 e. The molecule has 0 unspecified atom stereocenters. The molecule has 0 spiro atoms. The summed E-state index contributed by atoms with van der Waals surface area (Å²) in [4.78, 5) is 4.45. The zero-order chi connectivity index (χ0) is 13.1. The van der Waals surface area contributed by atoms with Crippen molar-refractivity contribution in [2.75, 3.05) is 0 Å². The Morgan fingerprint density at radius 3 is 2.44 bits per heavy atom. The van der Waals surface area contributed by atoms with Gasteiger partial charge >= 0.3 is 0 Å². The molecule has 92 valence electrons. The van der Waals surface area contributed by atoms with Crippen molar-refractivity contribution in [3.05, 3.63) is 52.6 Å². The Kier molecular flexibility index (Phi) is 3.47. The molecule has 0 aliphatic heterocycles. The molecule has 0 bridgehead atoms. The van der Waals surface area contributed by atoms with Crippen LogP contribution in [0.4, 0.5) is 0 Å². The summed E-state index contributed by atoms with van der Waals surface area (Å²) < 4.78 is 1.85. The maximum atomic E-state index is 9.14. The Hall–Kier alpha value is -2.08. The number of benzene rings is 1. The quantitative estimate of drug-likeness (QED) is 0.826. The molecule has 2 rings (SSSR count). The van der Waals surface area contributed by atoms with E-state index in [-0.39, 0.29) is 0 Å². The zero-order valence-corrected chi connectivity index (χ0v) is 11.1. The van der Waals surface area contributed by atoms with Crippen LogP contribution in [0.3, 0.4) is 0 Å². The second kappa shape index (κ2) is 5.05. The highest BCUT2D eigenvalue weighted by Gasteiger charge is 2.11. The molecule has 0 amide bonds. The minimum atomic E-state index is 0.680. The van der Waals surface area contributed by atoms with Gasteiger partial charge in [-0.2, -0.15) is 5.26 Å². The van der Waals surface area contributed by atoms with E-state index in [1.165, 1.54) is 11.1 Å². The first-order chi connectivity index (χ1) is 8.61. The summed E-state index contributed by atoms with van der Waals surface area (Å²) in [6.07, 6.45) is 1.74. The van der Waals surface area contributed by atoms with Crippen LogP contribution in [0.25, 0.3) is 0 Å². The van der Waals surface area contributed by atoms with E-state index in [1.54, 1.807) is 0 Å². The van der Waals surface area contributed by atoms with Crippen molar-refractivity contribution in [3.63, 3.8) is 0 Å². The lowest BCUT2D eigenvalue weighted by molar-refractivity contribution is 0.844. The van der Waals surface area contributed by atoms with Crippen LogP contribution in [-0.2, 0) is 19.9 Å². The Labute approximate surface area is 108 Å². The monoisotopic (exact) mass is 239 g/mol. The van der Waals surface area contributed by atoms with Crippen LogP contribution in [0.1, 0.15) is 28.3 Å². The van der Waals surface area contributed by atoms with Crippen LogP contribution < -0.4 is 0 Å². The Bertz CT molecular complexity index is 585. The van der Waals surface area contributed by atoms with Crippen LogP contribution in [-0.4, -0.2) is 9.55 Å². The number of nitrogens with zero attached hydrogens (tertiary/aromatic N) is 3. The molecule has 1 aromatic heterocycles. The number of hydrogen-bond donors (Lipinski definition) is 0. The molecule has 18 heavy (non-hydrogen) atoms. The number of imidazole rings is 1. The van der Waals surface area contributed by atoms with E-state index >= 15 is 0 Å². The summed E-state index contributed by atoms with van der Waals surface area (Å²) in [6, 6.07) is 10.7. The van der Waals surface area contributed by atoms with Crippen molar-refractivity contribution in [1.29, 1.82) is 5.26 Å². The highest BCUT2D eigenvalue weighted by Crippen LogP contribution is 2.13. The lowest BCUT2D eigenvalue weighted by atomic mass is 10.1. The molecule has 0 fully saturated rings. The van der Waals surface area contributed by atoms with E-state index in [0.717, 1.165) is 24.4 Å². The van der Waals surface area contributed by atoms with Crippen LogP contribution in [0, 0.1) is 25.2 Å². The molecule has 0 aliphatic rings. The van der Waals surface area contributed by atoms with Crippen molar-refractivity contribution in [1.82, 2.24) is 9.55 Å². The van der Waals surface area contributed by atoms with Gasteiger partial charge in [-0.25, -0.2) is 4.98 Å². The zero-order valence-electron chi connectivity index (χ0n) is 11.1. The number of aromatic nitrogens is 2. The van der Waals surface area contributed by atoms with Gasteiger partial charge in [0.15, 0.2) is 0 Å². The number of aryl methyl sites for hydroxylation is 4. The molecule has 0 radical (unpaired) electrons. The fourth-order valence-electron chi connectivity index (χ4n) is 2.01. The molecule has 3 nitrogen and oxygen atoms in total. The van der Waals surface area contributed by atoms with Gasteiger partial charge in [-0.05, 0) is 32.3 Å². The van der Waals surface area contributed by atoms with Gasteiger partial charge < -0.3 is 4.57 Å². The number of rotatable bonds is 3. The fourth-order valence-corrected chi connectivity index (χ4v) is 2.01. The summed E-state index contributed by atoms with van der Waals surface area (Å²) >= 11 is 0. The number of hydrogen-bond acceptors (Lipinski definition) is 2. The van der Waals surface area contributed by atoms with Crippen molar-refractivity contribution >= 4 is 0 Å². The standard InChI is InChI=1S/C15H17N3/c1-11-4-6-13(7-5-11)8-9-14-15(10-16)18(3)12(2)17-14/h4-7H,8-9H2,1-3H3. The maximum absolute atomic E-state index is 9.14. The average Bonchev–Trinajstić information content (AvgIpc) is 2.64. The number of nitriles is 1. The van der Waals surface area contributed by atoms with Gasteiger partial charge in [0.05, 0.1) is 5.69 Å². The first-order valence-electron chi connectivity index (χ1n) is 6.09. The van der Waals surface area contributed by atoms with E-state index in [1.807, 2.05) is 18.5 Å². The molecular formula is C15H17N3. The second-order valence-corrected chi connectivity index (χ2v) is 4.61. The molecule has 1 aromatic carbocycles. The van der Waals surface area contributed by atoms with Gasteiger partial charge in [-0.3, -0.25) is 0 Å². The fraction of sp³-hybridized carbons (Fsp3) is 0.333. The van der Waals surface area contributed by atoms with Crippen molar-refractivity contribution in [2.45, 2.75) is 26.7 Å². The summed E-state index contributed by atoms with van der Waals surface area (Å²) in [5.74, 6) is 0.894. The normalized spacial score (nSPS) is 10.3. The third-order valence-corrected chi connectivity index (χ3v) is 3.27. The molecule has 0 atom stereocenters. The van der Waals surface area contributed by atoms with Crippen molar-refractivity contribution < 1.29 is 0 Å². The Morgan fingerprint density at radius 1 is 1.17 bits per heavy atom. The van der Waals surface area contributed by atoms with E-state index in [4.69, 9.17) is 5.26 Å². The van der Waals surface area contributed by atoms with Gasteiger partial charge in [0.25, 0.3) is 0 Å². The predicted octanol–water partition coefficient (Wildman–Crippen LogP) is 2.69. The average molecular weight is 239 g/mol. The molecule has 2 aromatic rings. The van der Waals surface area contributed by atoms with E-state index in [2.05, 4.69) is 42.2 Å². The molecule has 0 aliphatic carbocycles. The van der Waals surface area contributed by atoms with Gasteiger partial charge in [-0.1, -0.05) is 29.8 Å². The Morgan fingerprint density at radius 2 is 1.83 bits per heavy atom. The van der Waals surface area contributed by atoms with Gasteiger partial charge in [0, 0.05) is 7.05 Å². The minimum Gasteiger partial charge on any atom is -0.323 e. The second-order valence-electron chi connectivity index (χ2n) is 4.61. The van der Waals surface area contributed by atoms with Gasteiger partial charge in [-0.15, -0.1) is 0 Å². The summed E-state index contributed by atoms with van der Waals surface area (Å²) in [5, 5.41) is 9.14. The van der Waals surface area contributed by atoms with Crippen molar-refractivity contribution in [2.24, 2.45) is 7.05 Å². The third-order valence-electron chi connectivity index (χ3n) is 3.27. The first-order valence-corrected chi connectivity index (χ1v) is 6.09. The predicted molar refractivity (Wildman–Crippen MR) is 71.2 cm³/mol. The Balaban J connectivity index is 2.13. The van der Waals surface area contributed by atoms with Gasteiger partial charge in [0.1, 0.15) is 17.6 Å². The topological polar surface area (TPSA) is 41.6 Å². The van der Waals surface area contributed by atoms with E-state index in [9.17, 15) is 0 Å². The highest BCUT2D eigenvalue weighted by molar-refractivity contribution is 5.30. The van der Waals surface area contributed by atoms with E-state index in [0.29, 0.717) is 5.69 Å². The van der Waals surface area contributed by atoms with Crippen LogP contribution >= 0.6 is 0 Å². The summed E-state index contributed by atoms with van der Waals surface area (Å²) in [5.41, 5.74) is 4.13.